The summed E-state index contributed by atoms with van der Waals surface area (Å²) in [6.07, 6.45) is 0.00325. The van der Waals surface area contributed by atoms with Gasteiger partial charge in [-0.3, -0.25) is 4.79 Å². The van der Waals surface area contributed by atoms with Crippen molar-refractivity contribution in [1.82, 2.24) is 10.0 Å². The van der Waals surface area contributed by atoms with Gasteiger partial charge in [-0.05, 0) is 22.0 Å². The zero-order valence-corrected chi connectivity index (χ0v) is 13.0. The molecule has 0 aromatic carbocycles. The Hall–Kier alpha value is -0.970. The SMILES string of the molecule is CNC(=O)CCNS(=O)(=O)c1cc(C(=O)O)sc1Br. The molecule has 7 nitrogen and oxygen atoms in total. The third kappa shape index (κ3) is 4.27. The summed E-state index contributed by atoms with van der Waals surface area (Å²) in [4.78, 5) is 21.5. The second-order valence-corrected chi connectivity index (χ2v) is 7.48. The molecule has 0 saturated carbocycles. The lowest BCUT2D eigenvalue weighted by molar-refractivity contribution is -0.120. The highest BCUT2D eigenvalue weighted by Crippen LogP contribution is 2.31. The average molecular weight is 371 g/mol. The maximum Gasteiger partial charge on any atom is 0.345 e. The molecule has 0 aliphatic heterocycles. The second kappa shape index (κ2) is 6.46. The molecule has 10 heteroatoms. The standard InChI is InChI=1S/C9H11BrN2O5S2/c1-11-7(13)2-3-12-19(16,17)6-4-5(9(14)15)18-8(6)10/h4,12H,2-3H2,1H3,(H,11,13)(H,14,15). The number of carboxylic acids is 1. The van der Waals surface area contributed by atoms with E-state index in [0.29, 0.717) is 0 Å². The molecule has 106 valence electrons. The number of thiophene rings is 1. The van der Waals surface area contributed by atoms with Gasteiger partial charge in [0.15, 0.2) is 0 Å². The Labute approximate surface area is 122 Å². The monoisotopic (exact) mass is 370 g/mol. The molecule has 0 fully saturated rings. The van der Waals surface area contributed by atoms with Crippen molar-refractivity contribution < 1.29 is 23.1 Å². The maximum absolute atomic E-state index is 11.9. The molecule has 1 heterocycles. The Balaban J connectivity index is 2.83. The van der Waals surface area contributed by atoms with Crippen LogP contribution in [0.4, 0.5) is 0 Å². The Kier molecular flexibility index (Phi) is 5.47. The number of carboxylic acid groups (broad SMARTS) is 1. The number of rotatable bonds is 6. The van der Waals surface area contributed by atoms with Crippen molar-refractivity contribution in [3.63, 3.8) is 0 Å². The lowest BCUT2D eigenvalue weighted by Gasteiger charge is -2.04. The number of hydrogen-bond acceptors (Lipinski definition) is 5. The van der Waals surface area contributed by atoms with E-state index in [1.807, 2.05) is 0 Å². The van der Waals surface area contributed by atoms with E-state index in [0.717, 1.165) is 17.4 Å². The lowest BCUT2D eigenvalue weighted by atomic mass is 10.4. The molecule has 19 heavy (non-hydrogen) atoms. The van der Waals surface area contributed by atoms with Crippen LogP contribution in [-0.4, -0.2) is 39.0 Å². The summed E-state index contributed by atoms with van der Waals surface area (Å²) in [5.41, 5.74) is 0. The summed E-state index contributed by atoms with van der Waals surface area (Å²) < 4.78 is 26.2. The van der Waals surface area contributed by atoms with Crippen molar-refractivity contribution in [2.75, 3.05) is 13.6 Å². The number of halogens is 1. The van der Waals surface area contributed by atoms with Crippen LogP contribution in [0.3, 0.4) is 0 Å². The van der Waals surface area contributed by atoms with E-state index in [2.05, 4.69) is 26.0 Å². The van der Waals surface area contributed by atoms with E-state index in [1.54, 1.807) is 0 Å². The van der Waals surface area contributed by atoms with E-state index in [-0.39, 0.29) is 32.4 Å². The molecule has 0 spiro atoms. The molecule has 3 N–H and O–H groups in total. The van der Waals surface area contributed by atoms with Crippen molar-refractivity contribution in [3.05, 3.63) is 14.7 Å². The summed E-state index contributed by atoms with van der Waals surface area (Å²) in [5.74, 6) is -1.49. The van der Waals surface area contributed by atoms with Gasteiger partial charge in [-0.15, -0.1) is 11.3 Å². The summed E-state index contributed by atoms with van der Waals surface area (Å²) in [6.45, 7) is -0.0628. The fourth-order valence-corrected chi connectivity index (χ4v) is 4.58. The number of carbonyl (C=O) groups is 2. The molecule has 0 atom stereocenters. The zero-order chi connectivity index (χ0) is 14.6. The van der Waals surface area contributed by atoms with Gasteiger partial charge in [0.05, 0.1) is 3.79 Å². The molecular weight excluding hydrogens is 360 g/mol. The Morgan fingerprint density at radius 2 is 2.11 bits per heavy atom. The van der Waals surface area contributed by atoms with Gasteiger partial charge >= 0.3 is 5.97 Å². The number of nitrogens with one attached hydrogen (secondary N) is 2. The van der Waals surface area contributed by atoms with Gasteiger partial charge in [0.25, 0.3) is 0 Å². The van der Waals surface area contributed by atoms with Crippen molar-refractivity contribution in [1.29, 1.82) is 0 Å². The number of amides is 1. The Morgan fingerprint density at radius 1 is 1.47 bits per heavy atom. The fraction of sp³-hybridized carbons (Fsp3) is 0.333. The third-order valence-corrected chi connectivity index (χ3v) is 5.78. The summed E-state index contributed by atoms with van der Waals surface area (Å²) in [6, 6.07) is 1.07. The highest BCUT2D eigenvalue weighted by Gasteiger charge is 2.22. The normalized spacial score (nSPS) is 11.3. The molecule has 0 radical (unpaired) electrons. The highest BCUT2D eigenvalue weighted by molar-refractivity contribution is 9.11. The van der Waals surface area contributed by atoms with Gasteiger partial charge in [0.1, 0.15) is 9.77 Å². The summed E-state index contributed by atoms with van der Waals surface area (Å²) >= 11 is 3.82. The average Bonchev–Trinajstić information content (AvgIpc) is 2.71. The topological polar surface area (TPSA) is 113 Å². The van der Waals surface area contributed by atoms with E-state index >= 15 is 0 Å². The Morgan fingerprint density at radius 3 is 2.58 bits per heavy atom. The minimum absolute atomic E-state index is 0.00325. The minimum atomic E-state index is -3.84. The first kappa shape index (κ1) is 16.1. The minimum Gasteiger partial charge on any atom is -0.477 e. The first-order chi connectivity index (χ1) is 8.77. The second-order valence-electron chi connectivity index (χ2n) is 3.37. The van der Waals surface area contributed by atoms with Crippen LogP contribution in [0.1, 0.15) is 16.1 Å². The quantitative estimate of drug-likeness (QED) is 0.679. The van der Waals surface area contributed by atoms with Crippen molar-refractivity contribution in [2.45, 2.75) is 11.3 Å². The molecule has 1 amide bonds. The molecule has 1 aromatic rings. The van der Waals surface area contributed by atoms with Gasteiger partial charge in [0, 0.05) is 20.0 Å². The summed E-state index contributed by atoms with van der Waals surface area (Å²) in [5, 5.41) is 11.2. The summed E-state index contributed by atoms with van der Waals surface area (Å²) in [7, 11) is -2.39. The smallest absolute Gasteiger partial charge is 0.345 e. The van der Waals surface area contributed by atoms with Crippen LogP contribution in [0.25, 0.3) is 0 Å². The third-order valence-electron chi connectivity index (χ3n) is 2.08. The molecule has 0 bridgehead atoms. The molecular formula is C9H11BrN2O5S2. The number of hydrogen-bond donors (Lipinski definition) is 3. The van der Waals surface area contributed by atoms with Gasteiger partial charge in [0.2, 0.25) is 15.9 Å². The molecule has 1 rings (SSSR count). The highest BCUT2D eigenvalue weighted by atomic mass is 79.9. The van der Waals surface area contributed by atoms with Crippen LogP contribution in [0.5, 0.6) is 0 Å². The van der Waals surface area contributed by atoms with Gasteiger partial charge in [-0.2, -0.15) is 0 Å². The number of aromatic carboxylic acids is 1. The molecule has 0 aliphatic rings. The molecule has 1 aromatic heterocycles. The number of carbonyl (C=O) groups excluding carboxylic acids is 1. The largest absolute Gasteiger partial charge is 0.477 e. The van der Waals surface area contributed by atoms with Crippen LogP contribution < -0.4 is 10.0 Å². The van der Waals surface area contributed by atoms with Crippen LogP contribution in [0, 0.1) is 0 Å². The Bertz CT molecular complexity index is 596. The molecule has 0 saturated heterocycles. The van der Waals surface area contributed by atoms with Crippen molar-refractivity contribution in [2.24, 2.45) is 0 Å². The molecule has 0 aliphatic carbocycles. The first-order valence-electron chi connectivity index (χ1n) is 5.01. The maximum atomic E-state index is 11.9. The predicted molar refractivity (Wildman–Crippen MR) is 72.9 cm³/mol. The van der Waals surface area contributed by atoms with Gasteiger partial charge < -0.3 is 10.4 Å². The predicted octanol–water partition coefficient (Wildman–Crippen LogP) is 0.623. The fourth-order valence-electron chi connectivity index (χ4n) is 1.14. The molecule has 0 unspecified atom stereocenters. The van der Waals surface area contributed by atoms with Crippen LogP contribution in [0.2, 0.25) is 0 Å². The van der Waals surface area contributed by atoms with Crippen molar-refractivity contribution >= 4 is 49.2 Å². The van der Waals surface area contributed by atoms with E-state index in [9.17, 15) is 18.0 Å². The van der Waals surface area contributed by atoms with Gasteiger partial charge in [-0.25, -0.2) is 17.9 Å². The van der Waals surface area contributed by atoms with E-state index in [1.165, 1.54) is 7.05 Å². The zero-order valence-electron chi connectivity index (χ0n) is 9.77. The van der Waals surface area contributed by atoms with Crippen LogP contribution in [0.15, 0.2) is 14.7 Å². The van der Waals surface area contributed by atoms with E-state index in [4.69, 9.17) is 5.11 Å². The van der Waals surface area contributed by atoms with Crippen LogP contribution >= 0.6 is 27.3 Å². The lowest BCUT2D eigenvalue weighted by Crippen LogP contribution is -2.29. The first-order valence-corrected chi connectivity index (χ1v) is 8.10. The number of sulfonamides is 1. The van der Waals surface area contributed by atoms with Gasteiger partial charge in [-0.1, -0.05) is 0 Å². The van der Waals surface area contributed by atoms with Crippen LogP contribution in [-0.2, 0) is 14.8 Å². The van der Waals surface area contributed by atoms with E-state index < -0.39 is 16.0 Å². The van der Waals surface area contributed by atoms with Crippen molar-refractivity contribution in [3.8, 4) is 0 Å².